The number of hydrogen-bond donors (Lipinski definition) is 0. The monoisotopic (exact) mass is 246 g/mol. The number of fused-ring (bicyclic) bond motifs is 3. The molecule has 3 heteroatoms. The van der Waals surface area contributed by atoms with E-state index in [9.17, 15) is 4.79 Å². The first-order valence-electron chi connectivity index (χ1n) is 6.53. The van der Waals surface area contributed by atoms with Crippen LogP contribution in [-0.2, 0) is 0 Å². The third-order valence-electron chi connectivity index (χ3n) is 4.35. The molecule has 2 atom stereocenters. The van der Waals surface area contributed by atoms with Gasteiger partial charge in [0.1, 0.15) is 11.5 Å². The van der Waals surface area contributed by atoms with Crippen molar-refractivity contribution in [3.63, 3.8) is 0 Å². The molecule has 3 nitrogen and oxygen atoms in total. The van der Waals surface area contributed by atoms with Crippen LogP contribution < -0.4 is 9.47 Å². The summed E-state index contributed by atoms with van der Waals surface area (Å²) in [5.74, 6) is 2.72. The summed E-state index contributed by atoms with van der Waals surface area (Å²) < 4.78 is 10.7. The Balaban J connectivity index is 2.18. The molecule has 0 saturated heterocycles. The van der Waals surface area contributed by atoms with E-state index < -0.39 is 0 Å². The Bertz CT molecular complexity index is 493. The number of benzene rings is 1. The number of Topliss-reactive ketones (excluding diaryl/α,β-unsaturated/α-hetero) is 1. The molecule has 18 heavy (non-hydrogen) atoms. The highest BCUT2D eigenvalue weighted by Crippen LogP contribution is 2.49. The SMILES string of the molecule is COc1cc(OC)c2c(c1)[C@@H]1CCC[C@@H]1CC2=O. The Labute approximate surface area is 107 Å². The number of carbonyl (C=O) groups excluding carboxylic acids is 1. The summed E-state index contributed by atoms with van der Waals surface area (Å²) >= 11 is 0. The van der Waals surface area contributed by atoms with E-state index in [0.717, 1.165) is 16.9 Å². The van der Waals surface area contributed by atoms with Gasteiger partial charge in [0.15, 0.2) is 5.78 Å². The van der Waals surface area contributed by atoms with Crippen LogP contribution in [0.4, 0.5) is 0 Å². The van der Waals surface area contributed by atoms with Gasteiger partial charge in [0, 0.05) is 12.5 Å². The van der Waals surface area contributed by atoms with Crippen molar-refractivity contribution in [1.82, 2.24) is 0 Å². The molecule has 2 aliphatic rings. The second-order valence-electron chi connectivity index (χ2n) is 5.22. The van der Waals surface area contributed by atoms with Gasteiger partial charge in [-0.3, -0.25) is 4.79 Å². The lowest BCUT2D eigenvalue weighted by atomic mass is 9.76. The van der Waals surface area contributed by atoms with Crippen molar-refractivity contribution < 1.29 is 14.3 Å². The molecule has 1 aromatic carbocycles. The Kier molecular flexibility index (Phi) is 2.77. The smallest absolute Gasteiger partial charge is 0.167 e. The molecule has 0 N–H and O–H groups in total. The number of ether oxygens (including phenoxy) is 2. The zero-order valence-corrected chi connectivity index (χ0v) is 10.9. The predicted molar refractivity (Wildman–Crippen MR) is 68.6 cm³/mol. The molecule has 0 aromatic heterocycles. The van der Waals surface area contributed by atoms with Crippen molar-refractivity contribution in [3.8, 4) is 11.5 Å². The summed E-state index contributed by atoms with van der Waals surface area (Å²) in [5, 5.41) is 0. The van der Waals surface area contributed by atoms with E-state index in [0.29, 0.717) is 24.0 Å². The van der Waals surface area contributed by atoms with Crippen LogP contribution in [0, 0.1) is 5.92 Å². The number of carbonyl (C=O) groups is 1. The van der Waals surface area contributed by atoms with Gasteiger partial charge in [-0.25, -0.2) is 0 Å². The van der Waals surface area contributed by atoms with Gasteiger partial charge in [-0.05, 0) is 36.3 Å². The third-order valence-corrected chi connectivity index (χ3v) is 4.35. The fraction of sp³-hybridized carbons (Fsp3) is 0.533. The molecule has 1 aromatic rings. The summed E-state index contributed by atoms with van der Waals surface area (Å²) in [7, 11) is 3.26. The number of ketones is 1. The Morgan fingerprint density at radius 1 is 1.17 bits per heavy atom. The minimum Gasteiger partial charge on any atom is -0.497 e. The second kappa shape index (κ2) is 4.30. The predicted octanol–water partition coefficient (Wildman–Crippen LogP) is 3.17. The van der Waals surface area contributed by atoms with Gasteiger partial charge >= 0.3 is 0 Å². The van der Waals surface area contributed by atoms with Crippen molar-refractivity contribution >= 4 is 5.78 Å². The zero-order chi connectivity index (χ0) is 12.7. The van der Waals surface area contributed by atoms with Crippen LogP contribution in [0.5, 0.6) is 11.5 Å². The normalized spacial score (nSPS) is 25.6. The van der Waals surface area contributed by atoms with Crippen molar-refractivity contribution in [2.45, 2.75) is 31.6 Å². The molecule has 0 radical (unpaired) electrons. The molecule has 1 saturated carbocycles. The minimum atomic E-state index is 0.229. The highest BCUT2D eigenvalue weighted by Gasteiger charge is 2.39. The molecule has 0 spiro atoms. The van der Waals surface area contributed by atoms with Gasteiger partial charge in [0.05, 0.1) is 19.8 Å². The topological polar surface area (TPSA) is 35.5 Å². The first-order valence-corrected chi connectivity index (χ1v) is 6.53. The van der Waals surface area contributed by atoms with Crippen LogP contribution in [-0.4, -0.2) is 20.0 Å². The third kappa shape index (κ3) is 1.61. The van der Waals surface area contributed by atoms with Crippen LogP contribution in [0.15, 0.2) is 12.1 Å². The molecular weight excluding hydrogens is 228 g/mol. The summed E-state index contributed by atoms with van der Waals surface area (Å²) in [6, 6.07) is 3.84. The van der Waals surface area contributed by atoms with E-state index in [4.69, 9.17) is 9.47 Å². The van der Waals surface area contributed by atoms with E-state index >= 15 is 0 Å². The van der Waals surface area contributed by atoms with Gasteiger partial charge in [-0.1, -0.05) is 6.42 Å². The minimum absolute atomic E-state index is 0.229. The van der Waals surface area contributed by atoms with Crippen LogP contribution >= 0.6 is 0 Å². The van der Waals surface area contributed by atoms with Crippen molar-refractivity contribution in [1.29, 1.82) is 0 Å². The maximum Gasteiger partial charge on any atom is 0.167 e. The van der Waals surface area contributed by atoms with Gasteiger partial charge in [-0.15, -0.1) is 0 Å². The van der Waals surface area contributed by atoms with Gasteiger partial charge in [-0.2, -0.15) is 0 Å². The quantitative estimate of drug-likeness (QED) is 0.804. The Morgan fingerprint density at radius 3 is 2.72 bits per heavy atom. The van der Waals surface area contributed by atoms with E-state index in [-0.39, 0.29) is 5.78 Å². The van der Waals surface area contributed by atoms with Crippen LogP contribution in [0.1, 0.15) is 47.5 Å². The Hall–Kier alpha value is -1.51. The lowest BCUT2D eigenvalue weighted by Gasteiger charge is -2.28. The molecule has 96 valence electrons. The summed E-state index contributed by atoms with van der Waals surface area (Å²) in [6.45, 7) is 0. The average Bonchev–Trinajstić information content (AvgIpc) is 2.85. The van der Waals surface area contributed by atoms with Crippen LogP contribution in [0.3, 0.4) is 0 Å². The molecule has 3 rings (SSSR count). The summed E-state index contributed by atoms with van der Waals surface area (Å²) in [5.41, 5.74) is 1.94. The number of rotatable bonds is 2. The van der Waals surface area contributed by atoms with Crippen LogP contribution in [0.2, 0.25) is 0 Å². The van der Waals surface area contributed by atoms with E-state index in [1.54, 1.807) is 14.2 Å². The summed E-state index contributed by atoms with van der Waals surface area (Å²) in [6.07, 6.45) is 4.26. The van der Waals surface area contributed by atoms with Crippen molar-refractivity contribution in [3.05, 3.63) is 23.3 Å². The molecule has 0 unspecified atom stereocenters. The molecule has 0 bridgehead atoms. The van der Waals surface area contributed by atoms with E-state index in [2.05, 4.69) is 0 Å². The van der Waals surface area contributed by atoms with Crippen molar-refractivity contribution in [2.24, 2.45) is 5.92 Å². The lowest BCUT2D eigenvalue weighted by molar-refractivity contribution is 0.0940. The maximum atomic E-state index is 12.3. The zero-order valence-electron chi connectivity index (χ0n) is 10.9. The second-order valence-corrected chi connectivity index (χ2v) is 5.22. The molecule has 0 aliphatic heterocycles. The van der Waals surface area contributed by atoms with Crippen molar-refractivity contribution in [2.75, 3.05) is 14.2 Å². The fourth-order valence-electron chi connectivity index (χ4n) is 3.51. The average molecular weight is 246 g/mol. The molecule has 2 aliphatic carbocycles. The lowest BCUT2D eigenvalue weighted by Crippen LogP contribution is -2.22. The molecular formula is C15H18O3. The highest BCUT2D eigenvalue weighted by atomic mass is 16.5. The van der Waals surface area contributed by atoms with Gasteiger partial charge < -0.3 is 9.47 Å². The Morgan fingerprint density at radius 2 is 2.00 bits per heavy atom. The van der Waals surface area contributed by atoms with Gasteiger partial charge in [0.2, 0.25) is 0 Å². The largest absolute Gasteiger partial charge is 0.497 e. The number of hydrogen-bond acceptors (Lipinski definition) is 3. The summed E-state index contributed by atoms with van der Waals surface area (Å²) in [4.78, 5) is 12.3. The molecule has 1 fully saturated rings. The molecule has 0 heterocycles. The van der Waals surface area contributed by atoms with E-state index in [1.807, 2.05) is 12.1 Å². The first kappa shape index (κ1) is 11.6. The van der Waals surface area contributed by atoms with E-state index in [1.165, 1.54) is 19.3 Å². The fourth-order valence-corrected chi connectivity index (χ4v) is 3.51. The highest BCUT2D eigenvalue weighted by molar-refractivity contribution is 6.02. The van der Waals surface area contributed by atoms with Gasteiger partial charge in [0.25, 0.3) is 0 Å². The maximum absolute atomic E-state index is 12.3. The molecule has 0 amide bonds. The van der Waals surface area contributed by atoms with Crippen LogP contribution in [0.25, 0.3) is 0 Å². The number of methoxy groups -OCH3 is 2. The standard InChI is InChI=1S/C15H18O3/c1-17-10-7-12-11-5-3-4-9(11)6-13(16)15(12)14(8-10)18-2/h7-9,11H,3-6H2,1-2H3/t9-,11-/m1/s1. The first-order chi connectivity index (χ1) is 8.74.